The van der Waals surface area contributed by atoms with Crippen LogP contribution < -0.4 is 5.84 Å². The molecule has 94 valence electrons. The van der Waals surface area contributed by atoms with Crippen molar-refractivity contribution < 1.29 is 5.11 Å². The highest BCUT2D eigenvalue weighted by Crippen LogP contribution is 2.35. The second kappa shape index (κ2) is 5.97. The van der Waals surface area contributed by atoms with Gasteiger partial charge in [0.2, 0.25) is 0 Å². The van der Waals surface area contributed by atoms with Gasteiger partial charge in [0.1, 0.15) is 5.75 Å². The monoisotopic (exact) mass is 264 g/mol. The van der Waals surface area contributed by atoms with E-state index in [-0.39, 0.29) is 18.2 Å². The average Bonchev–Trinajstić information content (AvgIpc) is 2.36. The van der Waals surface area contributed by atoms with Gasteiger partial charge in [0.15, 0.2) is 6.34 Å². The van der Waals surface area contributed by atoms with E-state index >= 15 is 0 Å². The molecule has 0 bridgehead atoms. The molecule has 5 nitrogen and oxygen atoms in total. The lowest BCUT2D eigenvalue weighted by atomic mass is 10.0. The van der Waals surface area contributed by atoms with Crippen LogP contribution in [0.25, 0.3) is 10.8 Å². The number of benzene rings is 2. The van der Waals surface area contributed by atoms with Crippen molar-refractivity contribution in [3.63, 3.8) is 0 Å². The Morgan fingerprint density at radius 3 is 2.56 bits per heavy atom. The van der Waals surface area contributed by atoms with Crippen LogP contribution in [0.5, 0.6) is 5.75 Å². The highest BCUT2D eigenvalue weighted by molar-refractivity contribution is 5.97. The predicted molar refractivity (Wildman–Crippen MR) is 74.8 cm³/mol. The van der Waals surface area contributed by atoms with E-state index in [9.17, 15) is 5.11 Å². The van der Waals surface area contributed by atoms with Crippen molar-refractivity contribution in [1.82, 2.24) is 0 Å². The van der Waals surface area contributed by atoms with Gasteiger partial charge in [-0.15, -0.1) is 22.6 Å². The van der Waals surface area contributed by atoms with Crippen LogP contribution >= 0.6 is 12.4 Å². The lowest BCUT2D eigenvalue weighted by Crippen LogP contribution is -1.81. The maximum atomic E-state index is 9.94. The van der Waals surface area contributed by atoms with Crippen LogP contribution in [0.2, 0.25) is 0 Å². The maximum Gasteiger partial charge on any atom is 0.157 e. The van der Waals surface area contributed by atoms with Gasteiger partial charge in [-0.05, 0) is 18.6 Å². The number of fused-ring (bicyclic) bond motifs is 1. The van der Waals surface area contributed by atoms with Gasteiger partial charge >= 0.3 is 0 Å². The molecule has 0 unspecified atom stereocenters. The Morgan fingerprint density at radius 1 is 1.22 bits per heavy atom. The number of phenolic OH excluding ortho intramolecular Hbond substituents is 1. The van der Waals surface area contributed by atoms with Crippen molar-refractivity contribution in [2.24, 2.45) is 21.2 Å². The summed E-state index contributed by atoms with van der Waals surface area (Å²) in [6.07, 6.45) is 1.16. The number of hydrogen-bond acceptors (Lipinski definition) is 4. The molecule has 0 fully saturated rings. The van der Waals surface area contributed by atoms with Crippen LogP contribution in [0.4, 0.5) is 5.69 Å². The first kappa shape index (κ1) is 13.9. The van der Waals surface area contributed by atoms with Gasteiger partial charge in [-0.2, -0.15) is 5.10 Å². The molecule has 2 aromatic carbocycles. The molecule has 0 atom stereocenters. The highest BCUT2D eigenvalue weighted by Gasteiger charge is 2.07. The second-order valence-electron chi connectivity index (χ2n) is 3.59. The zero-order valence-corrected chi connectivity index (χ0v) is 10.6. The molecule has 0 aliphatic heterocycles. The predicted octanol–water partition coefficient (Wildman–Crippen LogP) is 3.26. The number of nitrogens with zero attached hydrogens (tertiary/aromatic N) is 3. The van der Waals surface area contributed by atoms with Crippen molar-refractivity contribution in [3.05, 3.63) is 35.9 Å². The first-order valence-electron chi connectivity index (χ1n) is 5.08. The molecule has 0 aliphatic rings. The number of azo groups is 1. The molecule has 0 aromatic heterocycles. The Balaban J connectivity index is 0.00000162. The zero-order valence-electron chi connectivity index (χ0n) is 9.74. The molecule has 0 radical (unpaired) electrons. The average molecular weight is 265 g/mol. The topological polar surface area (TPSA) is 83.3 Å². The third-order valence-electron chi connectivity index (χ3n) is 2.47. The summed E-state index contributed by atoms with van der Waals surface area (Å²) < 4.78 is 0. The smallest absolute Gasteiger partial charge is 0.157 e. The summed E-state index contributed by atoms with van der Waals surface area (Å²) in [6.45, 7) is 1.82. The first-order chi connectivity index (χ1) is 8.24. The number of hydrogen-bond donors (Lipinski definition) is 2. The fraction of sp³-hybridized carbons (Fsp3) is 0.0833. The van der Waals surface area contributed by atoms with Gasteiger partial charge in [-0.25, -0.2) is 0 Å². The number of halogens is 1. The minimum absolute atomic E-state index is 0. The summed E-state index contributed by atoms with van der Waals surface area (Å²) in [4.78, 5) is 0. The largest absolute Gasteiger partial charge is 0.507 e. The number of phenols is 1. The molecule has 6 heteroatoms. The minimum atomic E-state index is 0. The van der Waals surface area contributed by atoms with E-state index in [1.807, 2.05) is 31.2 Å². The Kier molecular flexibility index (Phi) is 4.62. The van der Waals surface area contributed by atoms with E-state index in [2.05, 4.69) is 15.3 Å². The minimum Gasteiger partial charge on any atom is -0.507 e. The maximum absolute atomic E-state index is 9.94. The molecule has 0 heterocycles. The van der Waals surface area contributed by atoms with E-state index in [1.54, 1.807) is 6.07 Å². The number of rotatable bonds is 2. The van der Waals surface area contributed by atoms with Crippen LogP contribution in [0.15, 0.2) is 45.7 Å². The van der Waals surface area contributed by atoms with Crippen molar-refractivity contribution in [2.45, 2.75) is 6.92 Å². The molecular weight excluding hydrogens is 252 g/mol. The Morgan fingerprint density at radius 2 is 1.89 bits per heavy atom. The molecule has 3 N–H and O–H groups in total. The SMILES string of the molecule is Cc1cc(N=NC=NN)c2ccccc2c1O.Cl. The summed E-state index contributed by atoms with van der Waals surface area (Å²) in [5.74, 6) is 5.21. The second-order valence-corrected chi connectivity index (χ2v) is 3.59. The van der Waals surface area contributed by atoms with Gasteiger partial charge in [0, 0.05) is 10.8 Å². The van der Waals surface area contributed by atoms with Gasteiger partial charge in [-0.3, -0.25) is 0 Å². The molecule has 0 aliphatic carbocycles. The summed E-state index contributed by atoms with van der Waals surface area (Å²) in [5, 5.41) is 22.5. The van der Waals surface area contributed by atoms with Crippen LogP contribution in [0, 0.1) is 6.92 Å². The van der Waals surface area contributed by atoms with E-state index in [1.165, 1.54) is 0 Å². The van der Waals surface area contributed by atoms with E-state index in [4.69, 9.17) is 5.84 Å². The van der Waals surface area contributed by atoms with Crippen LogP contribution in [0.3, 0.4) is 0 Å². The molecular formula is C12H13ClN4O. The van der Waals surface area contributed by atoms with Crippen LogP contribution in [0.1, 0.15) is 5.56 Å². The molecule has 18 heavy (non-hydrogen) atoms. The van der Waals surface area contributed by atoms with Gasteiger partial charge < -0.3 is 10.9 Å². The van der Waals surface area contributed by atoms with Crippen molar-refractivity contribution in [1.29, 1.82) is 0 Å². The number of hydrazone groups is 1. The summed E-state index contributed by atoms with van der Waals surface area (Å²) in [7, 11) is 0. The standard InChI is InChI=1S/C12H12N4O.ClH/c1-8-6-11(16-15-7-14-13)9-4-2-3-5-10(9)12(8)17;/h2-7,17H,13H2,1H3;1H. The van der Waals surface area contributed by atoms with Gasteiger partial charge in [0.25, 0.3) is 0 Å². The third kappa shape index (κ3) is 2.57. The van der Waals surface area contributed by atoms with Gasteiger partial charge in [0.05, 0.1) is 5.69 Å². The molecule has 0 amide bonds. The lowest BCUT2D eigenvalue weighted by Gasteiger charge is -2.06. The third-order valence-corrected chi connectivity index (χ3v) is 2.47. The number of aromatic hydroxyl groups is 1. The Hall–Kier alpha value is -2.14. The van der Waals surface area contributed by atoms with E-state index in [0.29, 0.717) is 5.69 Å². The Labute approximate surface area is 110 Å². The van der Waals surface area contributed by atoms with E-state index in [0.717, 1.165) is 22.7 Å². The van der Waals surface area contributed by atoms with Crippen molar-refractivity contribution in [2.75, 3.05) is 0 Å². The van der Waals surface area contributed by atoms with E-state index < -0.39 is 0 Å². The highest BCUT2D eigenvalue weighted by atomic mass is 35.5. The summed E-state index contributed by atoms with van der Waals surface area (Å²) in [6, 6.07) is 9.23. The molecule has 2 aromatic rings. The van der Waals surface area contributed by atoms with Crippen molar-refractivity contribution in [3.8, 4) is 5.75 Å². The molecule has 2 rings (SSSR count). The summed E-state index contributed by atoms with van der Waals surface area (Å²) >= 11 is 0. The Bertz CT molecular complexity index is 610. The van der Waals surface area contributed by atoms with Crippen LogP contribution in [-0.2, 0) is 0 Å². The fourth-order valence-electron chi connectivity index (χ4n) is 1.68. The van der Waals surface area contributed by atoms with Gasteiger partial charge in [-0.1, -0.05) is 24.3 Å². The number of aryl methyl sites for hydroxylation is 1. The van der Waals surface area contributed by atoms with Crippen LogP contribution in [-0.4, -0.2) is 11.4 Å². The quantitative estimate of drug-likeness (QED) is 0.287. The fourth-order valence-corrected chi connectivity index (χ4v) is 1.68. The summed E-state index contributed by atoms with van der Waals surface area (Å²) in [5.41, 5.74) is 1.43. The lowest BCUT2D eigenvalue weighted by molar-refractivity contribution is 0.477. The van der Waals surface area contributed by atoms with Crippen molar-refractivity contribution >= 4 is 35.2 Å². The first-order valence-corrected chi connectivity index (χ1v) is 5.08. The normalized spacial score (nSPS) is 11.2. The molecule has 0 saturated carbocycles. The molecule has 0 spiro atoms. The zero-order chi connectivity index (χ0) is 12.3. The number of nitrogens with two attached hydrogens (primary N) is 1. The molecule has 0 saturated heterocycles.